The molecule has 1 heterocycles. The fourth-order valence-corrected chi connectivity index (χ4v) is 2.99. The quantitative estimate of drug-likeness (QED) is 0.757. The van der Waals surface area contributed by atoms with Crippen molar-refractivity contribution in [2.24, 2.45) is 0 Å². The van der Waals surface area contributed by atoms with Crippen molar-refractivity contribution in [3.05, 3.63) is 58.0 Å². The van der Waals surface area contributed by atoms with E-state index in [4.69, 9.17) is 4.74 Å². The number of ether oxygens (including phenoxy) is 1. The van der Waals surface area contributed by atoms with Gasteiger partial charge in [-0.15, -0.1) is 11.3 Å². The highest BCUT2D eigenvalue weighted by Gasteiger charge is 2.21. The van der Waals surface area contributed by atoms with Crippen LogP contribution >= 0.6 is 11.3 Å². The Bertz CT molecular complexity index is 569. The van der Waals surface area contributed by atoms with Crippen LogP contribution in [0.25, 0.3) is 0 Å². The third kappa shape index (κ3) is 4.93. The zero-order valence-corrected chi connectivity index (χ0v) is 13.4. The number of hydrogen-bond donors (Lipinski definition) is 1. The highest BCUT2D eigenvalue weighted by atomic mass is 32.1. The molecule has 1 aromatic heterocycles. The standard InChI is InChI=1S/C17H20FNO2S/c1-21-10-3-9-19-17(20)16(12-15-4-2-11-22-15)13-5-7-14(18)8-6-13/h2,4-8,11,16H,3,9-10,12H2,1H3,(H,19,20). The highest BCUT2D eigenvalue weighted by molar-refractivity contribution is 7.09. The van der Waals surface area contributed by atoms with Crippen LogP contribution in [0.1, 0.15) is 22.8 Å². The van der Waals surface area contributed by atoms with Crippen LogP contribution in [0.15, 0.2) is 41.8 Å². The van der Waals surface area contributed by atoms with E-state index in [9.17, 15) is 9.18 Å². The van der Waals surface area contributed by atoms with Gasteiger partial charge in [0.15, 0.2) is 0 Å². The van der Waals surface area contributed by atoms with E-state index in [1.807, 2.05) is 17.5 Å². The molecule has 0 aliphatic carbocycles. The lowest BCUT2D eigenvalue weighted by atomic mass is 9.94. The maximum absolute atomic E-state index is 13.1. The van der Waals surface area contributed by atoms with E-state index in [2.05, 4.69) is 5.32 Å². The zero-order valence-electron chi connectivity index (χ0n) is 12.5. The Balaban J connectivity index is 2.07. The third-order valence-corrected chi connectivity index (χ3v) is 4.30. The SMILES string of the molecule is COCCCNC(=O)C(Cc1cccs1)c1ccc(F)cc1. The van der Waals surface area contributed by atoms with Crippen molar-refractivity contribution >= 4 is 17.2 Å². The second-order valence-corrected chi connectivity index (χ2v) is 6.06. The van der Waals surface area contributed by atoms with Crippen LogP contribution in [0.4, 0.5) is 4.39 Å². The molecule has 22 heavy (non-hydrogen) atoms. The van der Waals surface area contributed by atoms with Crippen molar-refractivity contribution < 1.29 is 13.9 Å². The van der Waals surface area contributed by atoms with E-state index in [1.54, 1.807) is 30.6 Å². The molecule has 5 heteroatoms. The molecule has 0 saturated heterocycles. The maximum atomic E-state index is 13.1. The minimum atomic E-state index is -0.304. The summed E-state index contributed by atoms with van der Waals surface area (Å²) in [6.07, 6.45) is 1.40. The van der Waals surface area contributed by atoms with Gasteiger partial charge in [0.25, 0.3) is 0 Å². The molecule has 0 radical (unpaired) electrons. The van der Waals surface area contributed by atoms with Crippen molar-refractivity contribution in [1.82, 2.24) is 5.32 Å². The number of amides is 1. The van der Waals surface area contributed by atoms with E-state index < -0.39 is 0 Å². The van der Waals surface area contributed by atoms with Crippen LogP contribution in [0.5, 0.6) is 0 Å². The first-order chi connectivity index (χ1) is 10.7. The van der Waals surface area contributed by atoms with E-state index in [-0.39, 0.29) is 17.6 Å². The summed E-state index contributed by atoms with van der Waals surface area (Å²) in [7, 11) is 1.64. The van der Waals surface area contributed by atoms with Gasteiger partial charge in [-0.1, -0.05) is 18.2 Å². The molecule has 3 nitrogen and oxygen atoms in total. The Morgan fingerprint density at radius 3 is 2.73 bits per heavy atom. The Labute approximate surface area is 134 Å². The minimum Gasteiger partial charge on any atom is -0.385 e. The molecule has 118 valence electrons. The number of nitrogens with one attached hydrogen (secondary N) is 1. The van der Waals surface area contributed by atoms with Gasteiger partial charge in [-0.2, -0.15) is 0 Å². The first-order valence-corrected chi connectivity index (χ1v) is 8.13. The first-order valence-electron chi connectivity index (χ1n) is 7.25. The van der Waals surface area contributed by atoms with E-state index in [0.29, 0.717) is 19.6 Å². The summed E-state index contributed by atoms with van der Waals surface area (Å²) >= 11 is 1.62. The molecule has 0 bridgehead atoms. The summed E-state index contributed by atoms with van der Waals surface area (Å²) in [6, 6.07) is 10.1. The first kappa shape index (κ1) is 16.6. The second kappa shape index (κ2) is 8.66. The average molecular weight is 321 g/mol. The summed E-state index contributed by atoms with van der Waals surface area (Å²) in [5.41, 5.74) is 0.832. The molecule has 0 saturated carbocycles. The molecule has 1 unspecified atom stereocenters. The summed E-state index contributed by atoms with van der Waals surface area (Å²) in [6.45, 7) is 1.20. The van der Waals surface area contributed by atoms with Gasteiger partial charge >= 0.3 is 0 Å². The number of thiophene rings is 1. The van der Waals surface area contributed by atoms with Crippen LogP contribution in [0.2, 0.25) is 0 Å². The topological polar surface area (TPSA) is 38.3 Å². The fourth-order valence-electron chi connectivity index (χ4n) is 2.24. The van der Waals surface area contributed by atoms with E-state index >= 15 is 0 Å². The van der Waals surface area contributed by atoms with Gasteiger partial charge in [-0.3, -0.25) is 4.79 Å². The number of carbonyl (C=O) groups is 1. The maximum Gasteiger partial charge on any atom is 0.227 e. The summed E-state index contributed by atoms with van der Waals surface area (Å²) < 4.78 is 18.1. The molecule has 0 aliphatic rings. The van der Waals surface area contributed by atoms with Crippen molar-refractivity contribution in [2.45, 2.75) is 18.8 Å². The van der Waals surface area contributed by atoms with Gasteiger partial charge in [0.2, 0.25) is 5.91 Å². The van der Waals surface area contributed by atoms with E-state index in [0.717, 1.165) is 16.9 Å². The number of benzene rings is 1. The molecule has 0 fully saturated rings. The highest BCUT2D eigenvalue weighted by Crippen LogP contribution is 2.24. The Hall–Kier alpha value is -1.72. The lowest BCUT2D eigenvalue weighted by Gasteiger charge is -2.17. The molecule has 0 aliphatic heterocycles. The molecular formula is C17H20FNO2S. The van der Waals surface area contributed by atoms with Crippen molar-refractivity contribution in [3.63, 3.8) is 0 Å². The smallest absolute Gasteiger partial charge is 0.227 e. The summed E-state index contributed by atoms with van der Waals surface area (Å²) in [4.78, 5) is 13.6. The number of hydrogen-bond acceptors (Lipinski definition) is 3. The molecular weight excluding hydrogens is 301 g/mol. The largest absolute Gasteiger partial charge is 0.385 e. The normalized spacial score (nSPS) is 12.1. The van der Waals surface area contributed by atoms with Crippen LogP contribution in [-0.4, -0.2) is 26.2 Å². The van der Waals surface area contributed by atoms with Crippen molar-refractivity contribution in [1.29, 1.82) is 0 Å². The zero-order chi connectivity index (χ0) is 15.8. The lowest BCUT2D eigenvalue weighted by molar-refractivity contribution is -0.122. The van der Waals surface area contributed by atoms with E-state index in [1.165, 1.54) is 12.1 Å². The van der Waals surface area contributed by atoms with Crippen LogP contribution in [0.3, 0.4) is 0 Å². The van der Waals surface area contributed by atoms with Gasteiger partial charge in [-0.25, -0.2) is 4.39 Å². The van der Waals surface area contributed by atoms with Crippen molar-refractivity contribution in [2.75, 3.05) is 20.3 Å². The summed E-state index contributed by atoms with van der Waals surface area (Å²) in [5, 5.41) is 4.93. The number of carbonyl (C=O) groups excluding carboxylic acids is 1. The second-order valence-electron chi connectivity index (χ2n) is 5.03. The van der Waals surface area contributed by atoms with Gasteiger partial charge in [0.05, 0.1) is 5.92 Å². The molecule has 1 aromatic carbocycles. The fraction of sp³-hybridized carbons (Fsp3) is 0.353. The Kier molecular flexibility index (Phi) is 6.55. The predicted molar refractivity (Wildman–Crippen MR) is 86.7 cm³/mol. The number of halogens is 1. The van der Waals surface area contributed by atoms with Gasteiger partial charge in [-0.05, 0) is 42.0 Å². The monoisotopic (exact) mass is 321 g/mol. The van der Waals surface area contributed by atoms with Crippen LogP contribution in [0, 0.1) is 5.82 Å². The average Bonchev–Trinajstić information content (AvgIpc) is 3.03. The van der Waals surface area contributed by atoms with Gasteiger partial charge < -0.3 is 10.1 Å². The lowest BCUT2D eigenvalue weighted by Crippen LogP contribution is -2.31. The Morgan fingerprint density at radius 2 is 2.09 bits per heavy atom. The summed E-state index contributed by atoms with van der Waals surface area (Å²) in [5.74, 6) is -0.628. The molecule has 0 spiro atoms. The number of rotatable bonds is 8. The molecule has 2 rings (SSSR count). The predicted octanol–water partition coefficient (Wildman–Crippen LogP) is 3.37. The van der Waals surface area contributed by atoms with Crippen LogP contribution in [-0.2, 0) is 16.0 Å². The van der Waals surface area contributed by atoms with Crippen molar-refractivity contribution in [3.8, 4) is 0 Å². The molecule has 1 N–H and O–H groups in total. The van der Waals surface area contributed by atoms with Gasteiger partial charge in [0, 0.05) is 25.1 Å². The third-order valence-electron chi connectivity index (χ3n) is 3.40. The molecule has 1 amide bonds. The molecule has 2 aromatic rings. The van der Waals surface area contributed by atoms with Crippen LogP contribution < -0.4 is 5.32 Å². The van der Waals surface area contributed by atoms with Gasteiger partial charge in [0.1, 0.15) is 5.82 Å². The minimum absolute atomic E-state index is 0.0314. The Morgan fingerprint density at radius 1 is 1.32 bits per heavy atom. The molecule has 1 atom stereocenters. The number of methoxy groups -OCH3 is 1.